The molecular formula is C29H11F15N2O. The molecule has 0 aliphatic rings. The minimum Gasteiger partial charge on any atom is -0.436 e. The van der Waals surface area contributed by atoms with E-state index in [0.29, 0.717) is 5.39 Å². The summed E-state index contributed by atoms with van der Waals surface area (Å²) in [4.78, 5) is 0. The van der Waals surface area contributed by atoms with Crippen molar-refractivity contribution in [1.82, 2.24) is 10.2 Å². The van der Waals surface area contributed by atoms with Crippen molar-refractivity contribution in [2.75, 3.05) is 0 Å². The molecule has 0 saturated heterocycles. The number of nitrogens with zero attached hydrogens (tertiary/aromatic N) is 2. The highest BCUT2D eigenvalue weighted by molar-refractivity contribution is 6.05. The molecule has 0 N–H and O–H groups in total. The van der Waals surface area contributed by atoms with Gasteiger partial charge in [0.15, 0.2) is 5.75 Å². The molecule has 4 aromatic carbocycles. The van der Waals surface area contributed by atoms with Crippen molar-refractivity contribution in [1.29, 1.82) is 0 Å². The fourth-order valence-corrected chi connectivity index (χ4v) is 5.02. The zero-order valence-corrected chi connectivity index (χ0v) is 22.3. The number of alkyl halides is 15. The Hall–Kier alpha value is -4.77. The number of hydrogen-bond donors (Lipinski definition) is 0. The van der Waals surface area contributed by atoms with Gasteiger partial charge < -0.3 is 4.74 Å². The topological polar surface area (TPSA) is 35.0 Å². The van der Waals surface area contributed by atoms with Crippen LogP contribution in [0.4, 0.5) is 65.9 Å². The maximum atomic E-state index is 14.3. The molecule has 0 atom stereocenters. The van der Waals surface area contributed by atoms with Gasteiger partial charge in [0.2, 0.25) is 5.88 Å². The maximum absolute atomic E-state index is 14.3. The molecule has 0 saturated carbocycles. The molecule has 0 aliphatic heterocycles. The number of ether oxygens (including phenoxy) is 1. The summed E-state index contributed by atoms with van der Waals surface area (Å²) in [6, 6.07) is 15.6. The number of hydrogen-bond acceptors (Lipinski definition) is 3. The normalized spacial score (nSPS) is 13.4. The Morgan fingerprint density at radius 3 is 1.23 bits per heavy atom. The van der Waals surface area contributed by atoms with E-state index in [1.807, 2.05) is 0 Å². The molecule has 1 heterocycles. The van der Waals surface area contributed by atoms with Gasteiger partial charge in [-0.05, 0) is 22.9 Å². The second-order valence-electron chi connectivity index (χ2n) is 9.76. The lowest BCUT2D eigenvalue weighted by Crippen LogP contribution is -2.31. The zero-order chi connectivity index (χ0) is 34.9. The first-order valence-corrected chi connectivity index (χ1v) is 12.5. The highest BCUT2D eigenvalue weighted by Crippen LogP contribution is 2.59. The second-order valence-corrected chi connectivity index (χ2v) is 9.76. The summed E-state index contributed by atoms with van der Waals surface area (Å²) in [7, 11) is 0. The first kappa shape index (κ1) is 33.6. The van der Waals surface area contributed by atoms with Crippen LogP contribution in [0.15, 0.2) is 66.7 Å². The number of halogens is 15. The van der Waals surface area contributed by atoms with Crippen LogP contribution >= 0.6 is 0 Å². The highest BCUT2D eigenvalue weighted by Gasteiger charge is 2.61. The Kier molecular flexibility index (Phi) is 7.79. The summed E-state index contributed by atoms with van der Waals surface area (Å²) in [5, 5.41) is 6.97. The Balaban J connectivity index is 2.00. The first-order valence-electron chi connectivity index (χ1n) is 12.5. The third kappa shape index (κ3) is 6.19. The van der Waals surface area contributed by atoms with Crippen molar-refractivity contribution in [3.05, 3.63) is 94.5 Å². The SMILES string of the molecule is FC(F)(F)c1c(Oc2nnc(-c3ccccc3)c3cc4ccccc4cc23)c(C(F)(F)F)c(C(F)(F)F)c(C(F)(F)F)c1C(F)(F)F. The number of benzene rings is 4. The Morgan fingerprint density at radius 1 is 0.426 bits per heavy atom. The van der Waals surface area contributed by atoms with Gasteiger partial charge >= 0.3 is 30.9 Å². The lowest BCUT2D eigenvalue weighted by molar-refractivity contribution is -0.189. The third-order valence-corrected chi connectivity index (χ3v) is 6.73. The molecule has 0 spiro atoms. The van der Waals surface area contributed by atoms with Crippen molar-refractivity contribution in [2.45, 2.75) is 30.9 Å². The van der Waals surface area contributed by atoms with E-state index >= 15 is 0 Å². The van der Waals surface area contributed by atoms with E-state index in [9.17, 15) is 65.9 Å². The van der Waals surface area contributed by atoms with Crippen LogP contribution in [0.2, 0.25) is 0 Å². The molecule has 248 valence electrons. The van der Waals surface area contributed by atoms with Gasteiger partial charge in [-0.2, -0.15) is 65.9 Å². The first-order chi connectivity index (χ1) is 21.5. The van der Waals surface area contributed by atoms with Gasteiger partial charge in [0.1, 0.15) is 16.8 Å². The van der Waals surface area contributed by atoms with Crippen LogP contribution in [0.25, 0.3) is 32.8 Å². The predicted octanol–water partition coefficient (Wildman–Crippen LogP) is 11.3. The minimum absolute atomic E-state index is 0.0924. The molecule has 0 amide bonds. The molecule has 0 aliphatic carbocycles. The molecule has 0 unspecified atom stereocenters. The van der Waals surface area contributed by atoms with E-state index in [2.05, 4.69) is 14.9 Å². The molecule has 0 radical (unpaired) electrons. The second kappa shape index (κ2) is 10.9. The fourth-order valence-electron chi connectivity index (χ4n) is 5.02. The summed E-state index contributed by atoms with van der Waals surface area (Å²) in [5.41, 5.74) is -19.9. The Morgan fingerprint density at radius 2 is 0.809 bits per heavy atom. The smallest absolute Gasteiger partial charge is 0.420 e. The zero-order valence-electron chi connectivity index (χ0n) is 22.3. The van der Waals surface area contributed by atoms with Gasteiger partial charge in [-0.1, -0.05) is 54.6 Å². The molecule has 1 aromatic heterocycles. The minimum atomic E-state index is -7.03. The van der Waals surface area contributed by atoms with Crippen molar-refractivity contribution in [2.24, 2.45) is 0 Å². The molecule has 3 nitrogen and oxygen atoms in total. The summed E-state index contributed by atoms with van der Waals surface area (Å²) < 4.78 is 216. The van der Waals surface area contributed by atoms with E-state index in [1.165, 1.54) is 54.6 Å². The Labute approximate surface area is 251 Å². The molecular weight excluding hydrogens is 677 g/mol. The number of aromatic nitrogens is 2. The summed E-state index contributed by atoms with van der Waals surface area (Å²) in [6.45, 7) is 0. The highest BCUT2D eigenvalue weighted by atomic mass is 19.4. The lowest BCUT2D eigenvalue weighted by atomic mass is 9.88. The standard InChI is InChI=1S/C29H11F15N2O/c30-25(31,32)17-18(26(33,34)35)20(28(39,40)41)23(21(29(42,43)44)19(17)27(36,37)38)47-24-16-11-14-9-5-4-8-13(14)10-15(16)22(45-46-24)12-6-2-1-3-7-12/h1-11H. The largest absolute Gasteiger partial charge is 0.436 e. The summed E-state index contributed by atoms with van der Waals surface area (Å²) >= 11 is 0. The van der Waals surface area contributed by atoms with Crippen LogP contribution in [0.3, 0.4) is 0 Å². The van der Waals surface area contributed by atoms with Gasteiger partial charge in [-0.3, -0.25) is 0 Å². The molecule has 0 fully saturated rings. The van der Waals surface area contributed by atoms with Gasteiger partial charge in [0.05, 0.1) is 16.7 Å². The molecule has 0 bridgehead atoms. The van der Waals surface area contributed by atoms with E-state index in [4.69, 9.17) is 0 Å². The average Bonchev–Trinajstić information content (AvgIpc) is 2.93. The predicted molar refractivity (Wildman–Crippen MR) is 134 cm³/mol. The van der Waals surface area contributed by atoms with Crippen LogP contribution < -0.4 is 4.74 Å². The van der Waals surface area contributed by atoms with Gasteiger partial charge in [-0.15, -0.1) is 10.2 Å². The van der Waals surface area contributed by atoms with Crippen molar-refractivity contribution >= 4 is 21.5 Å². The van der Waals surface area contributed by atoms with Gasteiger partial charge in [0, 0.05) is 16.3 Å². The fraction of sp³-hybridized carbons (Fsp3) is 0.172. The van der Waals surface area contributed by atoms with Crippen LogP contribution in [0.5, 0.6) is 11.6 Å². The van der Waals surface area contributed by atoms with Crippen molar-refractivity contribution in [3.8, 4) is 22.9 Å². The van der Waals surface area contributed by atoms with E-state index in [0.717, 1.165) is 6.07 Å². The Bertz CT molecular complexity index is 1940. The molecule has 18 heteroatoms. The third-order valence-electron chi connectivity index (χ3n) is 6.73. The molecule has 47 heavy (non-hydrogen) atoms. The van der Waals surface area contributed by atoms with Crippen molar-refractivity contribution in [3.63, 3.8) is 0 Å². The summed E-state index contributed by atoms with van der Waals surface area (Å²) in [6.07, 6.45) is -34.5. The van der Waals surface area contributed by atoms with Crippen LogP contribution in [-0.2, 0) is 30.9 Å². The monoisotopic (exact) mass is 688 g/mol. The van der Waals surface area contributed by atoms with Crippen LogP contribution in [0, 0.1) is 0 Å². The number of fused-ring (bicyclic) bond motifs is 2. The maximum Gasteiger partial charge on any atom is 0.420 e. The van der Waals surface area contributed by atoms with E-state index < -0.39 is 75.7 Å². The number of rotatable bonds is 3. The average molecular weight is 688 g/mol. The molecule has 5 rings (SSSR count). The van der Waals surface area contributed by atoms with Gasteiger partial charge in [0.25, 0.3) is 0 Å². The van der Waals surface area contributed by atoms with Crippen molar-refractivity contribution < 1.29 is 70.6 Å². The van der Waals surface area contributed by atoms with Crippen LogP contribution in [0.1, 0.15) is 27.8 Å². The lowest BCUT2D eigenvalue weighted by Gasteiger charge is -2.30. The van der Waals surface area contributed by atoms with Gasteiger partial charge in [-0.25, -0.2) is 0 Å². The molecule has 5 aromatic rings. The van der Waals surface area contributed by atoms with E-state index in [1.54, 1.807) is 6.07 Å². The van der Waals surface area contributed by atoms with E-state index in [-0.39, 0.29) is 22.0 Å². The quantitative estimate of drug-likeness (QED) is 0.140. The van der Waals surface area contributed by atoms with Crippen LogP contribution in [-0.4, -0.2) is 10.2 Å². The summed E-state index contributed by atoms with van der Waals surface area (Å²) in [5.74, 6) is -4.73.